The number of benzene rings is 1. The average Bonchev–Trinajstić information content (AvgIpc) is 2.82. The van der Waals surface area contributed by atoms with Gasteiger partial charge < -0.3 is 9.32 Å². The number of piperidine rings is 1. The molecule has 2 aromatic rings. The van der Waals surface area contributed by atoms with E-state index in [1.807, 2.05) is 24.3 Å². The van der Waals surface area contributed by atoms with Gasteiger partial charge in [-0.1, -0.05) is 12.1 Å². The molecule has 0 spiro atoms. The molecule has 0 saturated carbocycles. The second kappa shape index (κ2) is 4.73. The van der Waals surface area contributed by atoms with Gasteiger partial charge in [-0.25, -0.2) is 4.98 Å². The van der Waals surface area contributed by atoms with Crippen molar-refractivity contribution in [1.29, 1.82) is 0 Å². The van der Waals surface area contributed by atoms with E-state index in [1.54, 1.807) is 0 Å². The molecule has 1 saturated heterocycles. The van der Waals surface area contributed by atoms with Gasteiger partial charge in [-0.2, -0.15) is 0 Å². The Bertz CT molecular complexity index is 499. The Morgan fingerprint density at radius 2 is 2.17 bits per heavy atom. The molecule has 1 aliphatic heterocycles. The molecule has 0 aliphatic carbocycles. The predicted octanol–water partition coefficient (Wildman–Crippen LogP) is 3.42. The lowest BCUT2D eigenvalue weighted by Gasteiger charge is -2.34. The molecule has 1 atom stereocenters. The fourth-order valence-corrected chi connectivity index (χ4v) is 2.74. The Morgan fingerprint density at radius 1 is 1.33 bits per heavy atom. The van der Waals surface area contributed by atoms with Gasteiger partial charge in [0.05, 0.1) is 0 Å². The van der Waals surface area contributed by atoms with Crippen LogP contribution in [0.5, 0.6) is 0 Å². The smallest absolute Gasteiger partial charge is 0.199 e. The Balaban J connectivity index is 1.85. The summed E-state index contributed by atoms with van der Waals surface area (Å²) < 4.78 is 5.90. The quantitative estimate of drug-likeness (QED) is 0.810. The molecule has 2 heterocycles. The fourth-order valence-electron chi connectivity index (χ4n) is 2.74. The van der Waals surface area contributed by atoms with Crippen molar-refractivity contribution in [2.24, 2.45) is 0 Å². The third kappa shape index (κ3) is 2.15. The first-order valence-corrected chi connectivity index (χ1v) is 6.83. The van der Waals surface area contributed by atoms with Gasteiger partial charge >= 0.3 is 0 Å². The van der Waals surface area contributed by atoms with E-state index in [0.29, 0.717) is 12.0 Å². The average molecular weight is 244 g/mol. The van der Waals surface area contributed by atoms with Crippen LogP contribution in [0.25, 0.3) is 11.1 Å². The zero-order valence-electron chi connectivity index (χ0n) is 11.1. The van der Waals surface area contributed by atoms with E-state index in [9.17, 15) is 0 Å². The van der Waals surface area contributed by atoms with Crippen molar-refractivity contribution in [1.82, 2.24) is 9.88 Å². The van der Waals surface area contributed by atoms with E-state index in [4.69, 9.17) is 4.42 Å². The van der Waals surface area contributed by atoms with E-state index in [-0.39, 0.29) is 0 Å². The first-order valence-electron chi connectivity index (χ1n) is 6.83. The van der Waals surface area contributed by atoms with Crippen LogP contribution in [0.4, 0.5) is 0 Å². The Morgan fingerprint density at radius 3 is 2.94 bits per heavy atom. The Kier molecular flexibility index (Phi) is 3.08. The van der Waals surface area contributed by atoms with Crippen LogP contribution in [0.1, 0.15) is 38.5 Å². The maximum atomic E-state index is 5.90. The van der Waals surface area contributed by atoms with E-state index in [1.165, 1.54) is 19.4 Å². The van der Waals surface area contributed by atoms with Crippen molar-refractivity contribution >= 4 is 11.1 Å². The Hall–Kier alpha value is -1.35. The lowest BCUT2D eigenvalue weighted by molar-refractivity contribution is 0.158. The lowest BCUT2D eigenvalue weighted by Crippen LogP contribution is -2.39. The topological polar surface area (TPSA) is 29.3 Å². The summed E-state index contributed by atoms with van der Waals surface area (Å²) in [6.45, 7) is 6.79. The van der Waals surface area contributed by atoms with Crippen LogP contribution >= 0.6 is 0 Å². The summed E-state index contributed by atoms with van der Waals surface area (Å²) in [5.41, 5.74) is 1.89. The first kappa shape index (κ1) is 11.7. The van der Waals surface area contributed by atoms with Crippen LogP contribution in [0.2, 0.25) is 0 Å². The summed E-state index contributed by atoms with van der Waals surface area (Å²) in [6, 6.07) is 8.63. The van der Waals surface area contributed by atoms with E-state index < -0.39 is 0 Å². The molecule has 1 aromatic heterocycles. The largest absolute Gasteiger partial charge is 0.440 e. The number of hydrogen-bond acceptors (Lipinski definition) is 3. The fraction of sp³-hybridized carbons (Fsp3) is 0.533. The van der Waals surface area contributed by atoms with E-state index in [0.717, 1.165) is 23.5 Å². The number of rotatable bonds is 2. The van der Waals surface area contributed by atoms with Crippen LogP contribution < -0.4 is 0 Å². The van der Waals surface area contributed by atoms with Gasteiger partial charge in [-0.05, 0) is 45.4 Å². The van der Waals surface area contributed by atoms with Crippen molar-refractivity contribution in [2.45, 2.75) is 38.6 Å². The number of oxazole rings is 1. The minimum atomic E-state index is 0.452. The maximum Gasteiger partial charge on any atom is 0.199 e. The molecule has 3 nitrogen and oxygen atoms in total. The predicted molar refractivity (Wildman–Crippen MR) is 72.7 cm³/mol. The molecular formula is C15H20N2O. The van der Waals surface area contributed by atoms with Crippen molar-refractivity contribution in [3.05, 3.63) is 30.2 Å². The van der Waals surface area contributed by atoms with Crippen LogP contribution in [0.15, 0.2) is 28.7 Å². The maximum absolute atomic E-state index is 5.90. The molecule has 1 aliphatic rings. The highest BCUT2D eigenvalue weighted by molar-refractivity contribution is 5.72. The molecule has 0 N–H and O–H groups in total. The molecule has 3 heteroatoms. The van der Waals surface area contributed by atoms with Gasteiger partial charge in [0.15, 0.2) is 11.5 Å². The zero-order chi connectivity index (χ0) is 12.5. The van der Waals surface area contributed by atoms with Gasteiger partial charge in [0.25, 0.3) is 0 Å². The third-order valence-electron chi connectivity index (χ3n) is 3.84. The number of likely N-dealkylation sites (tertiary alicyclic amines) is 1. The molecule has 1 unspecified atom stereocenters. The first-order chi connectivity index (χ1) is 8.74. The van der Waals surface area contributed by atoms with Crippen LogP contribution in [-0.2, 0) is 0 Å². The number of aromatic nitrogens is 1. The molecular weight excluding hydrogens is 224 g/mol. The molecule has 0 radical (unpaired) electrons. The minimum absolute atomic E-state index is 0.452. The van der Waals surface area contributed by atoms with Crippen molar-refractivity contribution in [3.8, 4) is 0 Å². The highest BCUT2D eigenvalue weighted by Gasteiger charge is 2.26. The van der Waals surface area contributed by atoms with E-state index >= 15 is 0 Å². The number of para-hydroxylation sites is 2. The number of hydrogen-bond donors (Lipinski definition) is 0. The van der Waals surface area contributed by atoms with Gasteiger partial charge in [0.1, 0.15) is 5.52 Å². The SMILES string of the molecule is CC(C)N1CCCC(c2nc3ccccc3o2)C1. The molecule has 0 amide bonds. The summed E-state index contributed by atoms with van der Waals surface area (Å²) in [5.74, 6) is 1.37. The van der Waals surface area contributed by atoms with Gasteiger partial charge in [-0.3, -0.25) is 0 Å². The number of fused-ring (bicyclic) bond motifs is 1. The van der Waals surface area contributed by atoms with Crippen LogP contribution in [0, 0.1) is 0 Å². The summed E-state index contributed by atoms with van der Waals surface area (Å²) in [5, 5.41) is 0. The summed E-state index contributed by atoms with van der Waals surface area (Å²) in [6.07, 6.45) is 2.43. The third-order valence-corrected chi connectivity index (χ3v) is 3.84. The molecule has 3 rings (SSSR count). The van der Waals surface area contributed by atoms with E-state index in [2.05, 4.69) is 23.7 Å². The molecule has 1 aromatic carbocycles. The second-order valence-corrected chi connectivity index (χ2v) is 5.45. The highest BCUT2D eigenvalue weighted by Crippen LogP contribution is 2.29. The molecule has 18 heavy (non-hydrogen) atoms. The highest BCUT2D eigenvalue weighted by atomic mass is 16.3. The second-order valence-electron chi connectivity index (χ2n) is 5.45. The lowest BCUT2D eigenvalue weighted by atomic mass is 9.97. The molecule has 1 fully saturated rings. The summed E-state index contributed by atoms with van der Waals surface area (Å²) in [4.78, 5) is 7.15. The zero-order valence-corrected chi connectivity index (χ0v) is 11.1. The monoisotopic (exact) mass is 244 g/mol. The van der Waals surface area contributed by atoms with Gasteiger partial charge in [0, 0.05) is 18.5 Å². The number of nitrogens with zero attached hydrogens (tertiary/aromatic N) is 2. The molecule has 96 valence electrons. The van der Waals surface area contributed by atoms with Crippen LogP contribution in [0.3, 0.4) is 0 Å². The minimum Gasteiger partial charge on any atom is -0.440 e. The summed E-state index contributed by atoms with van der Waals surface area (Å²) >= 11 is 0. The van der Waals surface area contributed by atoms with Crippen molar-refractivity contribution in [2.75, 3.05) is 13.1 Å². The van der Waals surface area contributed by atoms with Crippen molar-refractivity contribution < 1.29 is 4.42 Å². The van der Waals surface area contributed by atoms with Crippen LogP contribution in [-0.4, -0.2) is 29.0 Å². The molecule has 0 bridgehead atoms. The summed E-state index contributed by atoms with van der Waals surface area (Å²) in [7, 11) is 0. The van der Waals surface area contributed by atoms with Crippen molar-refractivity contribution in [3.63, 3.8) is 0 Å². The Labute approximate surface area is 108 Å². The van der Waals surface area contributed by atoms with Gasteiger partial charge in [0.2, 0.25) is 0 Å². The standard InChI is InChI=1S/C15H20N2O/c1-11(2)17-9-5-6-12(10-17)15-16-13-7-3-4-8-14(13)18-15/h3-4,7-8,11-12H,5-6,9-10H2,1-2H3. The van der Waals surface area contributed by atoms with Gasteiger partial charge in [-0.15, -0.1) is 0 Å². The normalized spacial score (nSPS) is 21.8.